The largest absolute Gasteiger partial charge is 0.351 e. The molecule has 2 aromatic heterocycles. The lowest BCUT2D eigenvalue weighted by Crippen LogP contribution is -2.23. The van der Waals surface area contributed by atoms with Crippen molar-refractivity contribution in [3.8, 4) is 0 Å². The van der Waals surface area contributed by atoms with Gasteiger partial charge in [0.15, 0.2) is 0 Å². The van der Waals surface area contributed by atoms with Crippen molar-refractivity contribution in [3.63, 3.8) is 0 Å². The van der Waals surface area contributed by atoms with E-state index in [1.54, 1.807) is 0 Å². The summed E-state index contributed by atoms with van der Waals surface area (Å²) in [7, 11) is 0. The lowest BCUT2D eigenvalue weighted by atomic mass is 10.2. The molecule has 3 aromatic rings. The van der Waals surface area contributed by atoms with Gasteiger partial charge < -0.3 is 10.3 Å². The predicted molar refractivity (Wildman–Crippen MR) is 83.2 cm³/mol. The normalized spacial score (nSPS) is 10.8. The van der Waals surface area contributed by atoms with Gasteiger partial charge >= 0.3 is 0 Å². The molecule has 0 aliphatic carbocycles. The average Bonchev–Trinajstić information content (AvgIpc) is 2.88. The van der Waals surface area contributed by atoms with E-state index in [4.69, 9.17) is 0 Å². The number of hydrogen-bond donors (Lipinski definition) is 2. The maximum atomic E-state index is 12.2. The van der Waals surface area contributed by atoms with Crippen LogP contribution in [0.5, 0.6) is 0 Å². The van der Waals surface area contributed by atoms with Crippen molar-refractivity contribution in [2.24, 2.45) is 0 Å². The van der Waals surface area contributed by atoms with Crippen LogP contribution in [0.2, 0.25) is 0 Å². The van der Waals surface area contributed by atoms with Crippen LogP contribution in [0.15, 0.2) is 42.5 Å². The van der Waals surface area contributed by atoms with Gasteiger partial charge in [0.2, 0.25) is 0 Å². The Labute approximate surface area is 123 Å². The molecule has 0 unspecified atom stereocenters. The molecule has 4 nitrogen and oxygen atoms in total. The quantitative estimate of drug-likeness (QED) is 0.774. The molecule has 3 rings (SSSR count). The van der Waals surface area contributed by atoms with E-state index < -0.39 is 0 Å². The van der Waals surface area contributed by atoms with Gasteiger partial charge in [-0.05, 0) is 43.7 Å². The summed E-state index contributed by atoms with van der Waals surface area (Å²) in [6, 6.07) is 13.7. The summed E-state index contributed by atoms with van der Waals surface area (Å²) in [5, 5.41) is 3.93. The van der Waals surface area contributed by atoms with Crippen molar-refractivity contribution in [2.45, 2.75) is 20.4 Å². The molecule has 2 N–H and O–H groups in total. The van der Waals surface area contributed by atoms with E-state index in [1.165, 1.54) is 5.56 Å². The molecule has 0 fully saturated rings. The maximum Gasteiger partial charge on any atom is 0.268 e. The molecule has 2 heterocycles. The summed E-state index contributed by atoms with van der Waals surface area (Å²) in [5.41, 5.74) is 4.52. The molecule has 1 aromatic carbocycles. The first-order valence-corrected chi connectivity index (χ1v) is 6.92. The Kier molecular flexibility index (Phi) is 3.44. The number of aryl methyl sites for hydroxylation is 2. The van der Waals surface area contributed by atoms with E-state index in [9.17, 15) is 4.79 Å². The van der Waals surface area contributed by atoms with Gasteiger partial charge in [-0.15, -0.1) is 0 Å². The Morgan fingerprint density at radius 3 is 2.86 bits per heavy atom. The van der Waals surface area contributed by atoms with E-state index in [2.05, 4.69) is 15.3 Å². The molecular weight excluding hydrogens is 262 g/mol. The van der Waals surface area contributed by atoms with Crippen LogP contribution in [-0.4, -0.2) is 15.9 Å². The van der Waals surface area contributed by atoms with Crippen LogP contribution in [-0.2, 0) is 6.54 Å². The fraction of sp³-hybridized carbons (Fsp3) is 0.176. The molecule has 0 atom stereocenters. The second-order valence-corrected chi connectivity index (χ2v) is 5.23. The summed E-state index contributed by atoms with van der Waals surface area (Å²) in [5.74, 6) is -0.118. The predicted octanol–water partition coefficient (Wildman–Crippen LogP) is 3.11. The SMILES string of the molecule is Cc1ccc2cc(C(=O)NCc3cccc(C)n3)[nH]c2c1. The highest BCUT2D eigenvalue weighted by Crippen LogP contribution is 2.16. The van der Waals surface area contributed by atoms with Gasteiger partial charge in [0, 0.05) is 16.6 Å². The molecule has 0 aliphatic rings. The van der Waals surface area contributed by atoms with Crippen molar-refractivity contribution in [1.29, 1.82) is 0 Å². The standard InChI is InChI=1S/C17H17N3O/c1-11-6-7-13-9-16(20-15(13)8-11)17(21)18-10-14-5-3-4-12(2)19-14/h3-9,20H,10H2,1-2H3,(H,18,21). The van der Waals surface area contributed by atoms with Crippen LogP contribution >= 0.6 is 0 Å². The molecule has 4 heteroatoms. The zero-order valence-corrected chi connectivity index (χ0v) is 12.1. The highest BCUT2D eigenvalue weighted by molar-refractivity contribution is 5.98. The minimum atomic E-state index is -0.118. The fourth-order valence-corrected chi connectivity index (χ4v) is 2.33. The summed E-state index contributed by atoms with van der Waals surface area (Å²) in [6.07, 6.45) is 0. The summed E-state index contributed by atoms with van der Waals surface area (Å²) in [4.78, 5) is 19.7. The number of H-pyrrole nitrogens is 1. The maximum absolute atomic E-state index is 12.2. The van der Waals surface area contributed by atoms with Gasteiger partial charge in [0.1, 0.15) is 5.69 Å². The van der Waals surface area contributed by atoms with Crippen molar-refractivity contribution in [1.82, 2.24) is 15.3 Å². The Balaban J connectivity index is 1.74. The van der Waals surface area contributed by atoms with Gasteiger partial charge in [-0.3, -0.25) is 9.78 Å². The summed E-state index contributed by atoms with van der Waals surface area (Å²) in [6.45, 7) is 4.39. The molecule has 0 saturated heterocycles. The summed E-state index contributed by atoms with van der Waals surface area (Å²) >= 11 is 0. The van der Waals surface area contributed by atoms with Gasteiger partial charge in [0.25, 0.3) is 5.91 Å². The van der Waals surface area contributed by atoms with Crippen molar-refractivity contribution < 1.29 is 4.79 Å². The van der Waals surface area contributed by atoms with Crippen LogP contribution < -0.4 is 5.32 Å². The Morgan fingerprint density at radius 2 is 2.05 bits per heavy atom. The van der Waals surface area contributed by atoms with Crippen molar-refractivity contribution in [3.05, 3.63) is 65.1 Å². The number of amides is 1. The molecule has 0 saturated carbocycles. The molecule has 0 spiro atoms. The second kappa shape index (κ2) is 5.40. The first kappa shape index (κ1) is 13.4. The van der Waals surface area contributed by atoms with E-state index in [0.29, 0.717) is 12.2 Å². The third kappa shape index (κ3) is 2.94. The number of carbonyl (C=O) groups excluding carboxylic acids is 1. The first-order chi connectivity index (χ1) is 10.1. The molecule has 0 aliphatic heterocycles. The second-order valence-electron chi connectivity index (χ2n) is 5.23. The highest BCUT2D eigenvalue weighted by Gasteiger charge is 2.09. The molecule has 0 bridgehead atoms. The number of benzene rings is 1. The zero-order valence-electron chi connectivity index (χ0n) is 12.1. The Morgan fingerprint density at radius 1 is 1.19 bits per heavy atom. The van der Waals surface area contributed by atoms with E-state index in [1.807, 2.05) is 56.3 Å². The number of rotatable bonds is 3. The average molecular weight is 279 g/mol. The molecule has 21 heavy (non-hydrogen) atoms. The van der Waals surface area contributed by atoms with Crippen LogP contribution in [0.3, 0.4) is 0 Å². The molecule has 106 valence electrons. The number of carbonyl (C=O) groups is 1. The monoisotopic (exact) mass is 279 g/mol. The van der Waals surface area contributed by atoms with Gasteiger partial charge in [-0.25, -0.2) is 0 Å². The molecule has 1 amide bonds. The third-order valence-electron chi connectivity index (χ3n) is 3.40. The Hall–Kier alpha value is -2.62. The number of hydrogen-bond acceptors (Lipinski definition) is 2. The molecular formula is C17H17N3O. The minimum Gasteiger partial charge on any atom is -0.351 e. The number of pyridine rings is 1. The number of fused-ring (bicyclic) bond motifs is 1. The third-order valence-corrected chi connectivity index (χ3v) is 3.40. The summed E-state index contributed by atoms with van der Waals surface area (Å²) < 4.78 is 0. The van der Waals surface area contributed by atoms with Crippen LogP contribution in [0.4, 0.5) is 0 Å². The smallest absolute Gasteiger partial charge is 0.268 e. The van der Waals surface area contributed by atoms with Gasteiger partial charge in [-0.2, -0.15) is 0 Å². The number of nitrogens with zero attached hydrogens (tertiary/aromatic N) is 1. The van der Waals surface area contributed by atoms with E-state index in [-0.39, 0.29) is 5.91 Å². The number of nitrogens with one attached hydrogen (secondary N) is 2. The van der Waals surface area contributed by atoms with Crippen LogP contribution in [0.25, 0.3) is 10.9 Å². The van der Waals surface area contributed by atoms with Crippen molar-refractivity contribution >= 4 is 16.8 Å². The fourth-order valence-electron chi connectivity index (χ4n) is 2.33. The zero-order chi connectivity index (χ0) is 14.8. The topological polar surface area (TPSA) is 57.8 Å². The lowest BCUT2D eigenvalue weighted by molar-refractivity contribution is 0.0946. The van der Waals surface area contributed by atoms with Crippen LogP contribution in [0, 0.1) is 13.8 Å². The van der Waals surface area contributed by atoms with Crippen LogP contribution in [0.1, 0.15) is 27.4 Å². The van der Waals surface area contributed by atoms with E-state index >= 15 is 0 Å². The van der Waals surface area contributed by atoms with Gasteiger partial charge in [0.05, 0.1) is 12.2 Å². The van der Waals surface area contributed by atoms with Gasteiger partial charge in [-0.1, -0.05) is 18.2 Å². The lowest BCUT2D eigenvalue weighted by Gasteiger charge is -2.04. The number of aromatic nitrogens is 2. The Bertz CT molecular complexity index is 805. The number of aromatic amines is 1. The minimum absolute atomic E-state index is 0.118. The van der Waals surface area contributed by atoms with Crippen molar-refractivity contribution in [2.75, 3.05) is 0 Å². The first-order valence-electron chi connectivity index (χ1n) is 6.92. The van der Waals surface area contributed by atoms with E-state index in [0.717, 1.165) is 22.3 Å². The molecule has 0 radical (unpaired) electrons. The highest BCUT2D eigenvalue weighted by atomic mass is 16.1.